The van der Waals surface area contributed by atoms with Crippen molar-refractivity contribution < 1.29 is 9.21 Å². The van der Waals surface area contributed by atoms with E-state index >= 15 is 0 Å². The van der Waals surface area contributed by atoms with Gasteiger partial charge in [-0.25, -0.2) is 15.0 Å². The van der Waals surface area contributed by atoms with Crippen LogP contribution in [0.2, 0.25) is 0 Å². The van der Waals surface area contributed by atoms with Crippen molar-refractivity contribution >= 4 is 16.9 Å². The van der Waals surface area contributed by atoms with Crippen LogP contribution in [-0.2, 0) is 6.54 Å². The molecule has 1 amide bonds. The molecule has 0 saturated carbocycles. The van der Waals surface area contributed by atoms with E-state index in [2.05, 4.69) is 20.3 Å². The first-order valence-corrected chi connectivity index (χ1v) is 6.97. The summed E-state index contributed by atoms with van der Waals surface area (Å²) < 4.78 is 5.10. The van der Waals surface area contributed by atoms with Crippen molar-refractivity contribution in [3.8, 4) is 0 Å². The van der Waals surface area contributed by atoms with Crippen LogP contribution in [0.3, 0.4) is 0 Å². The molecule has 1 aromatic carbocycles. The average Bonchev–Trinajstić information content (AvgIpc) is 2.91. The molecule has 3 rings (SSSR count). The fourth-order valence-corrected chi connectivity index (χ4v) is 2.13. The van der Waals surface area contributed by atoms with Crippen LogP contribution in [0, 0.1) is 20.8 Å². The Morgan fingerprint density at radius 2 is 1.82 bits per heavy atom. The smallest absolute Gasteiger partial charge is 0.251 e. The van der Waals surface area contributed by atoms with Crippen LogP contribution in [0.4, 0.5) is 0 Å². The second-order valence-corrected chi connectivity index (χ2v) is 5.14. The maximum Gasteiger partial charge on any atom is 0.251 e. The Hall–Kier alpha value is -2.76. The summed E-state index contributed by atoms with van der Waals surface area (Å²) in [6.45, 7) is 5.91. The first-order chi connectivity index (χ1) is 10.5. The molecule has 1 N–H and O–H groups in total. The minimum absolute atomic E-state index is 0.178. The van der Waals surface area contributed by atoms with E-state index < -0.39 is 0 Å². The maximum absolute atomic E-state index is 12.2. The molecular weight excluding hydrogens is 280 g/mol. The number of hydrogen-bond donors (Lipinski definition) is 1. The Kier molecular flexibility index (Phi) is 3.58. The normalized spacial score (nSPS) is 10.9. The number of nitrogens with zero attached hydrogens (tertiary/aromatic N) is 3. The summed E-state index contributed by atoms with van der Waals surface area (Å²) in [5.74, 6) is 0.402. The zero-order chi connectivity index (χ0) is 15.7. The molecule has 6 heteroatoms. The third-order valence-electron chi connectivity index (χ3n) is 3.43. The van der Waals surface area contributed by atoms with Crippen LogP contribution in [0.25, 0.3) is 11.0 Å². The Morgan fingerprint density at radius 3 is 2.50 bits per heavy atom. The van der Waals surface area contributed by atoms with Crippen molar-refractivity contribution in [2.24, 2.45) is 0 Å². The number of fused-ring (bicyclic) bond motifs is 1. The van der Waals surface area contributed by atoms with E-state index in [9.17, 15) is 4.79 Å². The highest BCUT2D eigenvalue weighted by Crippen LogP contribution is 2.14. The van der Waals surface area contributed by atoms with E-state index in [-0.39, 0.29) is 5.91 Å². The zero-order valence-electron chi connectivity index (χ0n) is 12.7. The molecule has 0 aliphatic carbocycles. The summed E-state index contributed by atoms with van der Waals surface area (Å²) in [5.41, 5.74) is 4.50. The molecule has 0 atom stereocenters. The second-order valence-electron chi connectivity index (χ2n) is 5.14. The van der Waals surface area contributed by atoms with Crippen molar-refractivity contribution in [2.75, 3.05) is 0 Å². The lowest BCUT2D eigenvalue weighted by Gasteiger charge is -2.06. The number of rotatable bonds is 3. The van der Waals surface area contributed by atoms with Gasteiger partial charge in [-0.1, -0.05) is 0 Å². The molecule has 0 spiro atoms. The maximum atomic E-state index is 12.2. The lowest BCUT2D eigenvalue weighted by molar-refractivity contribution is 0.0950. The Morgan fingerprint density at radius 1 is 1.09 bits per heavy atom. The highest BCUT2D eigenvalue weighted by atomic mass is 16.3. The van der Waals surface area contributed by atoms with Gasteiger partial charge in [0.05, 0.1) is 34.7 Å². The third kappa shape index (κ3) is 2.81. The van der Waals surface area contributed by atoms with E-state index in [0.717, 1.165) is 16.9 Å². The van der Waals surface area contributed by atoms with Gasteiger partial charge < -0.3 is 9.73 Å². The number of carbonyl (C=O) groups excluding carboxylic acids is 1. The number of nitrogens with one attached hydrogen (secondary N) is 1. The van der Waals surface area contributed by atoms with Gasteiger partial charge in [-0.3, -0.25) is 4.79 Å². The Labute approximate surface area is 127 Å². The minimum Gasteiger partial charge on any atom is -0.449 e. The van der Waals surface area contributed by atoms with Crippen LogP contribution in [0.15, 0.2) is 28.9 Å². The third-order valence-corrected chi connectivity index (χ3v) is 3.43. The molecule has 0 aliphatic rings. The molecular formula is C16H16N4O2. The van der Waals surface area contributed by atoms with Gasteiger partial charge >= 0.3 is 0 Å². The van der Waals surface area contributed by atoms with Crippen molar-refractivity contribution in [1.29, 1.82) is 0 Å². The summed E-state index contributed by atoms with van der Waals surface area (Å²) in [6.07, 6.45) is 1.54. The topological polar surface area (TPSA) is 80.9 Å². The van der Waals surface area contributed by atoms with E-state index in [0.29, 0.717) is 29.2 Å². The molecule has 3 aromatic rings. The van der Waals surface area contributed by atoms with Crippen LogP contribution in [-0.4, -0.2) is 20.9 Å². The van der Waals surface area contributed by atoms with Gasteiger partial charge in [-0.15, -0.1) is 0 Å². The number of hydrogen-bond acceptors (Lipinski definition) is 5. The van der Waals surface area contributed by atoms with Crippen LogP contribution < -0.4 is 5.32 Å². The zero-order valence-corrected chi connectivity index (χ0v) is 12.7. The van der Waals surface area contributed by atoms with E-state index in [1.807, 2.05) is 19.9 Å². The highest BCUT2D eigenvalue weighted by Gasteiger charge is 2.09. The number of carbonyl (C=O) groups is 1. The summed E-state index contributed by atoms with van der Waals surface area (Å²) in [7, 11) is 0. The van der Waals surface area contributed by atoms with Crippen LogP contribution in [0.1, 0.15) is 33.3 Å². The molecule has 0 bridgehead atoms. The number of aromatic nitrogens is 3. The molecule has 0 fully saturated rings. The fraction of sp³-hybridized carbons (Fsp3) is 0.250. The number of aryl methyl sites for hydroxylation is 3. The molecule has 6 nitrogen and oxygen atoms in total. The summed E-state index contributed by atoms with van der Waals surface area (Å²) in [5, 5.41) is 2.81. The summed E-state index contributed by atoms with van der Waals surface area (Å²) >= 11 is 0. The van der Waals surface area contributed by atoms with Crippen molar-refractivity contribution in [3.05, 3.63) is 53.0 Å². The van der Waals surface area contributed by atoms with Gasteiger partial charge in [-0.05, 0) is 32.0 Å². The van der Waals surface area contributed by atoms with Crippen LogP contribution in [0.5, 0.6) is 0 Å². The number of oxazole rings is 1. The number of amides is 1. The molecule has 2 aromatic heterocycles. The standard InChI is InChI=1S/C16H16N4O2/c1-9-10(2)19-15-6-12(4-5-14(15)18-9)16(21)17-7-13-8-22-11(3)20-13/h4-6,8H,7H2,1-3H3,(H,17,21). The summed E-state index contributed by atoms with van der Waals surface area (Å²) in [4.78, 5) is 25.3. The molecule has 112 valence electrons. The summed E-state index contributed by atoms with van der Waals surface area (Å²) in [6, 6.07) is 5.30. The van der Waals surface area contributed by atoms with E-state index in [1.54, 1.807) is 19.1 Å². The van der Waals surface area contributed by atoms with Gasteiger partial charge in [0.1, 0.15) is 6.26 Å². The average molecular weight is 296 g/mol. The fourth-order valence-electron chi connectivity index (χ4n) is 2.13. The SMILES string of the molecule is Cc1nc(CNC(=O)c2ccc3nc(C)c(C)nc3c2)co1. The molecule has 0 unspecified atom stereocenters. The van der Waals surface area contributed by atoms with Crippen LogP contribution >= 0.6 is 0 Å². The lowest BCUT2D eigenvalue weighted by Crippen LogP contribution is -2.23. The van der Waals surface area contributed by atoms with E-state index in [4.69, 9.17) is 4.42 Å². The number of benzene rings is 1. The van der Waals surface area contributed by atoms with Gasteiger partial charge in [-0.2, -0.15) is 0 Å². The molecule has 0 aliphatic heterocycles. The van der Waals surface area contributed by atoms with Gasteiger partial charge in [0, 0.05) is 12.5 Å². The first-order valence-electron chi connectivity index (χ1n) is 6.97. The molecule has 2 heterocycles. The van der Waals surface area contributed by atoms with Gasteiger partial charge in [0.15, 0.2) is 5.89 Å². The van der Waals surface area contributed by atoms with Crippen molar-refractivity contribution in [1.82, 2.24) is 20.3 Å². The molecule has 0 radical (unpaired) electrons. The molecule has 0 saturated heterocycles. The molecule has 22 heavy (non-hydrogen) atoms. The van der Waals surface area contributed by atoms with Crippen molar-refractivity contribution in [3.63, 3.8) is 0 Å². The Bertz CT molecular complexity index is 854. The predicted molar refractivity (Wildman–Crippen MR) is 81.4 cm³/mol. The highest BCUT2D eigenvalue weighted by molar-refractivity contribution is 5.97. The first kappa shape index (κ1) is 14.2. The van der Waals surface area contributed by atoms with Gasteiger partial charge in [0.2, 0.25) is 0 Å². The largest absolute Gasteiger partial charge is 0.449 e. The predicted octanol–water partition coefficient (Wildman–Crippen LogP) is 2.47. The second kappa shape index (κ2) is 5.55. The Balaban J connectivity index is 1.80. The lowest BCUT2D eigenvalue weighted by atomic mass is 10.1. The van der Waals surface area contributed by atoms with Crippen molar-refractivity contribution in [2.45, 2.75) is 27.3 Å². The minimum atomic E-state index is -0.178. The van der Waals surface area contributed by atoms with E-state index in [1.165, 1.54) is 6.26 Å². The quantitative estimate of drug-likeness (QED) is 0.803. The monoisotopic (exact) mass is 296 g/mol. The van der Waals surface area contributed by atoms with Gasteiger partial charge in [0.25, 0.3) is 5.91 Å².